The lowest BCUT2D eigenvalue weighted by atomic mass is 10.2. The Hall–Kier alpha value is -1.69. The number of hydrogen-bond acceptors (Lipinski definition) is 4. The van der Waals surface area contributed by atoms with Crippen molar-refractivity contribution in [3.8, 4) is 5.75 Å². The molecule has 0 aromatic heterocycles. The average Bonchev–Trinajstić information content (AvgIpc) is 2.14. The van der Waals surface area contributed by atoms with Gasteiger partial charge in [0.05, 0.1) is 0 Å². The van der Waals surface area contributed by atoms with E-state index in [1.807, 2.05) is 0 Å². The Morgan fingerprint density at radius 3 is 2.47 bits per heavy atom. The minimum atomic E-state index is -2.49. The van der Waals surface area contributed by atoms with Gasteiger partial charge in [-0.3, -0.25) is 9.59 Å². The number of carbonyl (C=O) groups is 2. The van der Waals surface area contributed by atoms with E-state index < -0.39 is 21.6 Å². The van der Waals surface area contributed by atoms with Gasteiger partial charge >= 0.3 is 5.97 Å². The summed E-state index contributed by atoms with van der Waals surface area (Å²) in [7, 11) is -2.49. The van der Waals surface area contributed by atoms with E-state index in [1.165, 1.54) is 31.6 Å². The summed E-state index contributed by atoms with van der Waals surface area (Å²) in [5, 5.41) is 0. The van der Waals surface area contributed by atoms with Gasteiger partial charge in [0.2, 0.25) is 0 Å². The van der Waals surface area contributed by atoms with Crippen molar-refractivity contribution < 1.29 is 18.5 Å². The molecule has 0 saturated heterocycles. The lowest BCUT2D eigenvalue weighted by Gasteiger charge is -2.02. The number of amides is 1. The largest absolute Gasteiger partial charge is 0.427 e. The number of nitrogens with zero attached hydrogens (tertiary/aromatic N) is 1. The van der Waals surface area contributed by atoms with Gasteiger partial charge in [-0.15, -0.1) is 0 Å². The molecule has 0 spiro atoms. The van der Waals surface area contributed by atoms with Crippen LogP contribution in [0.1, 0.15) is 17.3 Å². The molecular formula is C11H13NO4S. The number of carbonyl (C=O) groups excluding carboxylic acids is 2. The van der Waals surface area contributed by atoms with Crippen LogP contribution in [0.3, 0.4) is 0 Å². The van der Waals surface area contributed by atoms with Crippen LogP contribution in [0.4, 0.5) is 0 Å². The first-order chi connectivity index (χ1) is 7.78. The Bertz CT molecular complexity index is 563. The van der Waals surface area contributed by atoms with Crippen molar-refractivity contribution in [1.29, 1.82) is 0 Å². The molecule has 0 bridgehead atoms. The molecule has 0 fully saturated rings. The van der Waals surface area contributed by atoms with Crippen LogP contribution >= 0.6 is 0 Å². The third-order valence-corrected chi connectivity index (χ3v) is 2.25. The van der Waals surface area contributed by atoms with Crippen molar-refractivity contribution in [3.05, 3.63) is 29.8 Å². The minimum absolute atomic E-state index is 0.236. The van der Waals surface area contributed by atoms with Crippen LogP contribution < -0.4 is 4.74 Å². The van der Waals surface area contributed by atoms with Gasteiger partial charge < -0.3 is 4.74 Å². The van der Waals surface area contributed by atoms with Gasteiger partial charge in [0, 0.05) is 34.7 Å². The summed E-state index contributed by atoms with van der Waals surface area (Å²) in [6, 6.07) is 6.02. The lowest BCUT2D eigenvalue weighted by Crippen LogP contribution is -2.04. The number of hydrogen-bond donors (Lipinski definition) is 0. The molecule has 0 aliphatic carbocycles. The van der Waals surface area contributed by atoms with Crippen LogP contribution in [0.2, 0.25) is 0 Å². The average molecular weight is 255 g/mol. The van der Waals surface area contributed by atoms with E-state index in [1.54, 1.807) is 12.1 Å². The van der Waals surface area contributed by atoms with Crippen molar-refractivity contribution in [1.82, 2.24) is 0 Å². The molecule has 0 N–H and O–H groups in total. The Balaban J connectivity index is 3.04. The summed E-state index contributed by atoms with van der Waals surface area (Å²) in [6.45, 7) is 1.27. The van der Waals surface area contributed by atoms with Crippen LogP contribution in [0.25, 0.3) is 0 Å². The second-order valence-electron chi connectivity index (χ2n) is 3.70. The maximum Gasteiger partial charge on any atom is 0.308 e. The standard InChI is InChI=1S/C11H13NO4S/c1-8(13)16-10-6-4-5-9(7-10)11(14)12-17(2,3)15/h4-7H,1-3H3. The normalized spacial score (nSPS) is 10.8. The number of rotatable bonds is 2. The van der Waals surface area contributed by atoms with Crippen LogP contribution in [0.5, 0.6) is 5.75 Å². The Morgan fingerprint density at radius 2 is 1.94 bits per heavy atom. The Morgan fingerprint density at radius 1 is 1.29 bits per heavy atom. The molecule has 1 rings (SSSR count). The van der Waals surface area contributed by atoms with Crippen LogP contribution in [-0.2, 0) is 14.5 Å². The summed E-state index contributed by atoms with van der Waals surface area (Å²) in [5.41, 5.74) is 0.236. The molecule has 0 aliphatic heterocycles. The molecule has 17 heavy (non-hydrogen) atoms. The minimum Gasteiger partial charge on any atom is -0.427 e. The number of ether oxygens (including phenoxy) is 1. The molecule has 1 aromatic carbocycles. The van der Waals surface area contributed by atoms with Crippen LogP contribution in [0, 0.1) is 0 Å². The zero-order chi connectivity index (χ0) is 13.1. The van der Waals surface area contributed by atoms with E-state index in [0.717, 1.165) is 0 Å². The van der Waals surface area contributed by atoms with E-state index in [-0.39, 0.29) is 11.3 Å². The van der Waals surface area contributed by atoms with Crippen molar-refractivity contribution >= 4 is 21.6 Å². The van der Waals surface area contributed by atoms with Crippen molar-refractivity contribution in [2.75, 3.05) is 12.5 Å². The predicted molar refractivity (Wildman–Crippen MR) is 64.5 cm³/mol. The Labute approximate surface area is 100.0 Å². The smallest absolute Gasteiger partial charge is 0.308 e. The van der Waals surface area contributed by atoms with Gasteiger partial charge in [0.1, 0.15) is 5.75 Å². The molecule has 0 heterocycles. The molecule has 0 aliphatic rings. The third-order valence-electron chi connectivity index (χ3n) is 1.65. The molecule has 5 nitrogen and oxygen atoms in total. The zero-order valence-electron chi connectivity index (χ0n) is 9.80. The van der Waals surface area contributed by atoms with Crippen molar-refractivity contribution in [3.63, 3.8) is 0 Å². The SMILES string of the molecule is CC(=O)Oc1cccc(C(=O)N=S(C)(C)=O)c1. The molecular weight excluding hydrogens is 242 g/mol. The lowest BCUT2D eigenvalue weighted by molar-refractivity contribution is -0.131. The first-order valence-corrected chi connectivity index (χ1v) is 7.11. The van der Waals surface area contributed by atoms with Gasteiger partial charge in [0.15, 0.2) is 0 Å². The van der Waals surface area contributed by atoms with Gasteiger partial charge in [0.25, 0.3) is 5.91 Å². The molecule has 1 amide bonds. The summed E-state index contributed by atoms with van der Waals surface area (Å²) >= 11 is 0. The van der Waals surface area contributed by atoms with Crippen molar-refractivity contribution in [2.24, 2.45) is 4.36 Å². The van der Waals surface area contributed by atoms with E-state index in [4.69, 9.17) is 4.74 Å². The molecule has 0 radical (unpaired) electrons. The monoisotopic (exact) mass is 255 g/mol. The van der Waals surface area contributed by atoms with E-state index in [0.29, 0.717) is 0 Å². The second-order valence-corrected chi connectivity index (χ2v) is 6.24. The summed E-state index contributed by atoms with van der Waals surface area (Å²) < 4.78 is 19.7. The highest BCUT2D eigenvalue weighted by Gasteiger charge is 2.08. The number of esters is 1. The fourth-order valence-electron chi connectivity index (χ4n) is 1.11. The fourth-order valence-corrected chi connectivity index (χ4v) is 1.62. The molecule has 92 valence electrons. The molecule has 0 saturated carbocycles. The maximum atomic E-state index is 11.6. The molecule has 1 aromatic rings. The van der Waals surface area contributed by atoms with Crippen LogP contribution in [0.15, 0.2) is 28.6 Å². The first kappa shape index (κ1) is 13.4. The molecule has 0 atom stereocenters. The highest BCUT2D eigenvalue weighted by atomic mass is 32.2. The van der Waals surface area contributed by atoms with E-state index in [2.05, 4.69) is 4.36 Å². The van der Waals surface area contributed by atoms with Crippen LogP contribution in [-0.4, -0.2) is 28.6 Å². The predicted octanol–water partition coefficient (Wildman–Crippen LogP) is 1.48. The first-order valence-electron chi connectivity index (χ1n) is 4.78. The topological polar surface area (TPSA) is 72.8 Å². The molecule has 6 heteroatoms. The van der Waals surface area contributed by atoms with Gasteiger partial charge in [-0.1, -0.05) is 6.07 Å². The fraction of sp³-hybridized carbons (Fsp3) is 0.273. The summed E-state index contributed by atoms with van der Waals surface area (Å²) in [6.07, 6.45) is 2.75. The van der Waals surface area contributed by atoms with Gasteiger partial charge in [-0.2, -0.15) is 4.36 Å². The Kier molecular flexibility index (Phi) is 4.01. The number of benzene rings is 1. The second kappa shape index (κ2) is 5.09. The quantitative estimate of drug-likeness (QED) is 0.592. The van der Waals surface area contributed by atoms with E-state index in [9.17, 15) is 13.8 Å². The van der Waals surface area contributed by atoms with E-state index >= 15 is 0 Å². The molecule has 0 unspecified atom stereocenters. The highest BCUT2D eigenvalue weighted by molar-refractivity contribution is 7.92. The zero-order valence-corrected chi connectivity index (χ0v) is 10.6. The van der Waals surface area contributed by atoms with Crippen molar-refractivity contribution in [2.45, 2.75) is 6.92 Å². The van der Waals surface area contributed by atoms with Gasteiger partial charge in [-0.05, 0) is 18.2 Å². The summed E-state index contributed by atoms with van der Waals surface area (Å²) in [5.74, 6) is -0.799. The maximum absolute atomic E-state index is 11.6. The van der Waals surface area contributed by atoms with Gasteiger partial charge in [-0.25, -0.2) is 4.21 Å². The third kappa shape index (κ3) is 4.78. The highest BCUT2D eigenvalue weighted by Crippen LogP contribution is 2.14. The summed E-state index contributed by atoms with van der Waals surface area (Å²) in [4.78, 5) is 22.4.